The van der Waals surface area contributed by atoms with Gasteiger partial charge in [0, 0.05) is 10.0 Å². The van der Waals surface area contributed by atoms with Crippen LogP contribution in [0.1, 0.15) is 18.1 Å². The lowest BCUT2D eigenvalue weighted by molar-refractivity contribution is -0.112. The lowest BCUT2D eigenvalue weighted by atomic mass is 10.1. The van der Waals surface area contributed by atoms with E-state index in [1.165, 1.54) is 24.3 Å². The third kappa shape index (κ3) is 5.96. The topological polar surface area (TPSA) is 71.3 Å². The van der Waals surface area contributed by atoms with Crippen molar-refractivity contribution in [1.29, 1.82) is 5.26 Å². The molecular formula is C25H20BrFN2O3. The maximum absolute atomic E-state index is 13.8. The molecule has 162 valence electrons. The highest BCUT2D eigenvalue weighted by atomic mass is 79.9. The summed E-state index contributed by atoms with van der Waals surface area (Å²) in [5, 5.41) is 11.8. The number of nitrogens with one attached hydrogen (secondary N) is 1. The summed E-state index contributed by atoms with van der Waals surface area (Å²) in [6, 6.07) is 20.5. The number of halogens is 2. The lowest BCUT2D eigenvalue weighted by Crippen LogP contribution is -2.14. The highest BCUT2D eigenvalue weighted by Crippen LogP contribution is 2.31. The summed E-state index contributed by atoms with van der Waals surface area (Å²) in [5.41, 5.74) is 1.39. The van der Waals surface area contributed by atoms with Gasteiger partial charge in [-0.3, -0.25) is 4.79 Å². The maximum atomic E-state index is 13.8. The smallest absolute Gasteiger partial charge is 0.266 e. The van der Waals surface area contributed by atoms with Crippen LogP contribution in [0.2, 0.25) is 0 Å². The summed E-state index contributed by atoms with van der Waals surface area (Å²) in [6.45, 7) is 2.60. The van der Waals surface area contributed by atoms with Crippen molar-refractivity contribution in [2.75, 3.05) is 11.9 Å². The number of rotatable bonds is 8. The van der Waals surface area contributed by atoms with Gasteiger partial charge in [0.05, 0.1) is 12.3 Å². The average molecular weight is 495 g/mol. The van der Waals surface area contributed by atoms with Crippen molar-refractivity contribution in [2.45, 2.75) is 13.5 Å². The van der Waals surface area contributed by atoms with E-state index in [-0.39, 0.29) is 11.3 Å². The van der Waals surface area contributed by atoms with Crippen molar-refractivity contribution in [3.05, 3.63) is 93.7 Å². The number of nitrogens with zero attached hydrogens (tertiary/aromatic N) is 1. The van der Waals surface area contributed by atoms with Crippen LogP contribution in [-0.4, -0.2) is 12.5 Å². The monoisotopic (exact) mass is 494 g/mol. The number of nitriles is 1. The van der Waals surface area contributed by atoms with Crippen molar-refractivity contribution >= 4 is 33.6 Å². The van der Waals surface area contributed by atoms with E-state index in [0.717, 1.165) is 10.0 Å². The Balaban J connectivity index is 1.80. The lowest BCUT2D eigenvalue weighted by Gasteiger charge is -2.13. The Morgan fingerprint density at radius 2 is 1.84 bits per heavy atom. The Bertz CT molecular complexity index is 1190. The number of carbonyl (C=O) groups excluding carboxylic acids is 1. The molecule has 0 atom stereocenters. The molecule has 3 aromatic carbocycles. The van der Waals surface area contributed by atoms with Crippen LogP contribution in [-0.2, 0) is 11.4 Å². The molecule has 0 saturated heterocycles. The second kappa shape index (κ2) is 11.1. The molecule has 3 aromatic rings. The number of carbonyl (C=O) groups is 1. The van der Waals surface area contributed by atoms with Crippen molar-refractivity contribution in [2.24, 2.45) is 0 Å². The molecule has 0 spiro atoms. The molecule has 0 aliphatic carbocycles. The van der Waals surface area contributed by atoms with Crippen molar-refractivity contribution < 1.29 is 18.7 Å². The van der Waals surface area contributed by atoms with Crippen LogP contribution in [0.4, 0.5) is 10.1 Å². The third-order valence-electron chi connectivity index (χ3n) is 4.41. The third-order valence-corrected chi connectivity index (χ3v) is 5.18. The normalized spacial score (nSPS) is 10.9. The molecule has 0 aliphatic rings. The number of ether oxygens (including phenoxy) is 2. The first kappa shape index (κ1) is 23.0. The minimum absolute atomic E-state index is 0.00414. The molecule has 0 bridgehead atoms. The van der Waals surface area contributed by atoms with E-state index in [4.69, 9.17) is 9.47 Å². The van der Waals surface area contributed by atoms with E-state index >= 15 is 0 Å². The van der Waals surface area contributed by atoms with Gasteiger partial charge in [0.25, 0.3) is 5.91 Å². The second-order valence-electron chi connectivity index (χ2n) is 6.62. The molecule has 5 nitrogen and oxygen atoms in total. The van der Waals surface area contributed by atoms with Gasteiger partial charge >= 0.3 is 0 Å². The van der Waals surface area contributed by atoms with Gasteiger partial charge in [-0.15, -0.1) is 0 Å². The Labute approximate surface area is 194 Å². The molecule has 1 N–H and O–H groups in total. The quantitative estimate of drug-likeness (QED) is 0.302. The van der Waals surface area contributed by atoms with Gasteiger partial charge in [-0.1, -0.05) is 52.3 Å². The minimum Gasteiger partial charge on any atom is -0.490 e. The summed E-state index contributed by atoms with van der Waals surface area (Å²) in [7, 11) is 0. The van der Waals surface area contributed by atoms with Crippen molar-refractivity contribution in [1.82, 2.24) is 0 Å². The standard InChI is InChI=1S/C25H20BrFN2O3/c1-2-31-24-14-17(11-12-23(24)32-16-18-7-3-4-8-20(18)26)13-19(15-28)25(30)29-22-10-6-5-9-21(22)27/h3-14H,2,16H2,1H3,(H,29,30)/b19-13+. The van der Waals surface area contributed by atoms with Gasteiger partial charge < -0.3 is 14.8 Å². The summed E-state index contributed by atoms with van der Waals surface area (Å²) >= 11 is 3.50. The number of hydrogen-bond donors (Lipinski definition) is 1. The van der Waals surface area contributed by atoms with Gasteiger partial charge in [-0.25, -0.2) is 4.39 Å². The molecule has 0 fully saturated rings. The van der Waals surface area contributed by atoms with Crippen molar-refractivity contribution in [3.63, 3.8) is 0 Å². The Kier molecular flexibility index (Phi) is 8.01. The summed E-state index contributed by atoms with van der Waals surface area (Å²) in [6.07, 6.45) is 1.41. The number of para-hydroxylation sites is 1. The predicted molar refractivity (Wildman–Crippen MR) is 125 cm³/mol. The van der Waals surface area contributed by atoms with Crippen LogP contribution >= 0.6 is 15.9 Å². The fourth-order valence-corrected chi connectivity index (χ4v) is 3.24. The van der Waals surface area contributed by atoms with Crippen LogP contribution in [0, 0.1) is 17.1 Å². The van der Waals surface area contributed by atoms with Crippen LogP contribution in [0.5, 0.6) is 11.5 Å². The molecule has 0 radical (unpaired) electrons. The van der Waals surface area contributed by atoms with Crippen LogP contribution in [0.15, 0.2) is 76.8 Å². The van der Waals surface area contributed by atoms with Gasteiger partial charge in [-0.05, 0) is 48.9 Å². The Morgan fingerprint density at radius 1 is 1.09 bits per heavy atom. The average Bonchev–Trinajstić information content (AvgIpc) is 2.79. The van der Waals surface area contributed by atoms with Gasteiger partial charge in [-0.2, -0.15) is 5.26 Å². The zero-order chi connectivity index (χ0) is 22.9. The first-order valence-electron chi connectivity index (χ1n) is 9.82. The summed E-state index contributed by atoms with van der Waals surface area (Å²) < 4.78 is 26.3. The SMILES string of the molecule is CCOc1cc(/C=C(\C#N)C(=O)Nc2ccccc2F)ccc1OCc1ccccc1Br. The maximum Gasteiger partial charge on any atom is 0.266 e. The zero-order valence-corrected chi connectivity index (χ0v) is 18.9. The minimum atomic E-state index is -0.704. The molecule has 0 saturated carbocycles. The fourth-order valence-electron chi connectivity index (χ4n) is 2.84. The first-order valence-corrected chi connectivity index (χ1v) is 10.6. The molecule has 32 heavy (non-hydrogen) atoms. The molecule has 1 amide bonds. The molecule has 3 rings (SSSR count). The van der Waals surface area contributed by atoms with Gasteiger partial charge in [0.15, 0.2) is 11.5 Å². The van der Waals surface area contributed by atoms with Gasteiger partial charge in [0.2, 0.25) is 0 Å². The molecule has 0 aromatic heterocycles. The molecule has 7 heteroatoms. The number of benzene rings is 3. The predicted octanol–water partition coefficient (Wildman–Crippen LogP) is 6.11. The first-order chi connectivity index (χ1) is 15.5. The second-order valence-corrected chi connectivity index (χ2v) is 7.48. The van der Waals surface area contributed by atoms with E-state index in [1.807, 2.05) is 37.3 Å². The van der Waals surface area contributed by atoms with E-state index in [1.54, 1.807) is 24.3 Å². The molecule has 0 unspecified atom stereocenters. The van der Waals surface area contributed by atoms with E-state index in [0.29, 0.717) is 30.3 Å². The number of hydrogen-bond acceptors (Lipinski definition) is 4. The molecule has 0 heterocycles. The summed E-state index contributed by atoms with van der Waals surface area (Å²) in [5.74, 6) is -0.262. The Hall–Kier alpha value is -3.63. The number of anilines is 1. The van der Waals surface area contributed by atoms with Crippen molar-refractivity contribution in [3.8, 4) is 17.6 Å². The highest BCUT2D eigenvalue weighted by Gasteiger charge is 2.13. The molecule has 0 aliphatic heterocycles. The fraction of sp³-hybridized carbons (Fsp3) is 0.120. The van der Waals surface area contributed by atoms with Crippen LogP contribution in [0.3, 0.4) is 0 Å². The van der Waals surface area contributed by atoms with Crippen LogP contribution in [0.25, 0.3) is 6.08 Å². The Morgan fingerprint density at radius 3 is 2.56 bits per heavy atom. The largest absolute Gasteiger partial charge is 0.490 e. The summed E-state index contributed by atoms with van der Waals surface area (Å²) in [4.78, 5) is 12.4. The van der Waals surface area contributed by atoms with E-state index < -0.39 is 11.7 Å². The zero-order valence-electron chi connectivity index (χ0n) is 17.3. The number of amides is 1. The highest BCUT2D eigenvalue weighted by molar-refractivity contribution is 9.10. The molecular weight excluding hydrogens is 475 g/mol. The van der Waals surface area contributed by atoms with E-state index in [9.17, 15) is 14.4 Å². The van der Waals surface area contributed by atoms with Crippen LogP contribution < -0.4 is 14.8 Å². The van der Waals surface area contributed by atoms with E-state index in [2.05, 4.69) is 21.2 Å². The van der Waals surface area contributed by atoms with Gasteiger partial charge in [0.1, 0.15) is 24.1 Å².